The van der Waals surface area contributed by atoms with Crippen LogP contribution in [0.15, 0.2) is 0 Å². The first-order valence-electron chi connectivity index (χ1n) is 8.92. The topological polar surface area (TPSA) is 49.6 Å². The third-order valence-corrected chi connectivity index (χ3v) is 5.97. The van der Waals surface area contributed by atoms with Crippen LogP contribution >= 0.6 is 12.4 Å². The molecule has 22 heavy (non-hydrogen) atoms. The third kappa shape index (κ3) is 3.95. The normalized spacial score (nSPS) is 33.9. The number of likely N-dealkylation sites (tertiary alicyclic amines) is 2. The van der Waals surface area contributed by atoms with E-state index in [2.05, 4.69) is 16.7 Å². The Morgan fingerprint density at radius 1 is 1.14 bits per heavy atom. The summed E-state index contributed by atoms with van der Waals surface area (Å²) in [6, 6.07) is 0.801. The molecule has 0 aromatic carbocycles. The largest absolute Gasteiger partial charge is 0.338 e. The van der Waals surface area contributed by atoms with Crippen molar-refractivity contribution in [3.8, 4) is 0 Å². The van der Waals surface area contributed by atoms with Gasteiger partial charge in [-0.3, -0.25) is 9.69 Å². The molecule has 2 heterocycles. The number of carbonyl (C=O) groups is 1. The number of piperidine rings is 1. The van der Waals surface area contributed by atoms with Gasteiger partial charge in [0, 0.05) is 25.2 Å². The van der Waals surface area contributed by atoms with E-state index in [-0.39, 0.29) is 18.4 Å². The quantitative estimate of drug-likeness (QED) is 0.864. The Labute approximate surface area is 141 Å². The monoisotopic (exact) mass is 329 g/mol. The predicted molar refractivity (Wildman–Crippen MR) is 92.1 cm³/mol. The molecule has 3 fully saturated rings. The molecule has 4 unspecified atom stereocenters. The Kier molecular flexibility index (Phi) is 6.54. The van der Waals surface area contributed by atoms with Gasteiger partial charge in [0.15, 0.2) is 0 Å². The molecule has 4 atom stereocenters. The Hall–Kier alpha value is -0.320. The zero-order chi connectivity index (χ0) is 14.8. The smallest absolute Gasteiger partial charge is 0.237 e. The van der Waals surface area contributed by atoms with Crippen molar-refractivity contribution in [3.63, 3.8) is 0 Å². The number of hydrogen-bond donors (Lipinski definition) is 1. The second kappa shape index (κ2) is 7.98. The molecule has 2 saturated heterocycles. The van der Waals surface area contributed by atoms with Crippen molar-refractivity contribution in [2.45, 2.75) is 64.0 Å². The molecule has 2 N–H and O–H groups in total. The summed E-state index contributed by atoms with van der Waals surface area (Å²) < 4.78 is 0. The van der Waals surface area contributed by atoms with Crippen molar-refractivity contribution in [2.24, 2.45) is 17.6 Å². The van der Waals surface area contributed by atoms with Crippen LogP contribution in [-0.2, 0) is 4.79 Å². The summed E-state index contributed by atoms with van der Waals surface area (Å²) in [7, 11) is 0. The third-order valence-electron chi connectivity index (χ3n) is 5.97. The molecule has 0 spiro atoms. The van der Waals surface area contributed by atoms with E-state index in [0.29, 0.717) is 24.4 Å². The first kappa shape index (κ1) is 18.0. The molecule has 2 aliphatic heterocycles. The first-order chi connectivity index (χ1) is 10.1. The summed E-state index contributed by atoms with van der Waals surface area (Å²) >= 11 is 0. The summed E-state index contributed by atoms with van der Waals surface area (Å²) in [5.41, 5.74) is 6.00. The fourth-order valence-electron chi connectivity index (χ4n) is 4.65. The zero-order valence-corrected chi connectivity index (χ0v) is 14.7. The van der Waals surface area contributed by atoms with E-state index in [1.54, 1.807) is 0 Å². The second-order valence-corrected chi connectivity index (χ2v) is 7.48. The van der Waals surface area contributed by atoms with Gasteiger partial charge >= 0.3 is 0 Å². The van der Waals surface area contributed by atoms with Crippen LogP contribution in [0.25, 0.3) is 0 Å². The van der Waals surface area contributed by atoms with Crippen LogP contribution in [0.2, 0.25) is 0 Å². The number of nitrogens with two attached hydrogens (primary N) is 1. The number of amides is 1. The van der Waals surface area contributed by atoms with Gasteiger partial charge in [0.05, 0.1) is 6.54 Å². The summed E-state index contributed by atoms with van der Waals surface area (Å²) in [4.78, 5) is 17.3. The van der Waals surface area contributed by atoms with E-state index in [9.17, 15) is 4.79 Å². The highest BCUT2D eigenvalue weighted by Gasteiger charge is 2.36. The minimum Gasteiger partial charge on any atom is -0.338 e. The van der Waals surface area contributed by atoms with Crippen LogP contribution in [-0.4, -0.2) is 54.0 Å². The molecule has 0 bridgehead atoms. The molecule has 0 radical (unpaired) electrons. The zero-order valence-electron chi connectivity index (χ0n) is 13.9. The molecule has 0 aromatic rings. The molecular formula is C17H32ClN3O. The summed E-state index contributed by atoms with van der Waals surface area (Å²) in [6.07, 6.45) is 8.94. The molecule has 1 saturated carbocycles. The van der Waals surface area contributed by atoms with Crippen LogP contribution < -0.4 is 5.73 Å². The van der Waals surface area contributed by atoms with Gasteiger partial charge in [-0.1, -0.05) is 12.8 Å². The van der Waals surface area contributed by atoms with E-state index >= 15 is 0 Å². The first-order valence-corrected chi connectivity index (χ1v) is 8.92. The lowest BCUT2D eigenvalue weighted by Crippen LogP contribution is -2.52. The van der Waals surface area contributed by atoms with E-state index in [1.165, 1.54) is 38.5 Å². The van der Waals surface area contributed by atoms with Gasteiger partial charge in [-0.25, -0.2) is 0 Å². The van der Waals surface area contributed by atoms with Crippen molar-refractivity contribution >= 4 is 18.3 Å². The Bertz CT molecular complexity index is 375. The Morgan fingerprint density at radius 3 is 2.59 bits per heavy atom. The Morgan fingerprint density at radius 2 is 1.86 bits per heavy atom. The average Bonchev–Trinajstić information content (AvgIpc) is 2.95. The number of hydrogen-bond acceptors (Lipinski definition) is 3. The number of rotatable bonds is 3. The highest BCUT2D eigenvalue weighted by Crippen LogP contribution is 2.35. The van der Waals surface area contributed by atoms with Gasteiger partial charge in [0.1, 0.15) is 0 Å². The van der Waals surface area contributed by atoms with Gasteiger partial charge in [-0.15, -0.1) is 12.4 Å². The van der Waals surface area contributed by atoms with Gasteiger partial charge in [0.2, 0.25) is 5.91 Å². The van der Waals surface area contributed by atoms with Gasteiger partial charge < -0.3 is 10.6 Å². The van der Waals surface area contributed by atoms with E-state index in [0.717, 1.165) is 32.0 Å². The van der Waals surface area contributed by atoms with Gasteiger partial charge in [-0.2, -0.15) is 0 Å². The van der Waals surface area contributed by atoms with E-state index in [4.69, 9.17) is 5.73 Å². The lowest BCUT2D eigenvalue weighted by molar-refractivity contribution is -0.138. The van der Waals surface area contributed by atoms with Crippen molar-refractivity contribution in [1.82, 2.24) is 9.80 Å². The lowest BCUT2D eigenvalue weighted by atomic mass is 9.78. The maximum atomic E-state index is 12.7. The molecule has 1 aliphatic carbocycles. The lowest BCUT2D eigenvalue weighted by Gasteiger charge is -2.44. The summed E-state index contributed by atoms with van der Waals surface area (Å²) in [6.45, 7) is 5.75. The second-order valence-electron chi connectivity index (χ2n) is 7.48. The van der Waals surface area contributed by atoms with Crippen molar-refractivity contribution in [3.05, 3.63) is 0 Å². The van der Waals surface area contributed by atoms with Crippen LogP contribution in [0, 0.1) is 11.8 Å². The molecule has 0 aromatic heterocycles. The van der Waals surface area contributed by atoms with Crippen molar-refractivity contribution < 1.29 is 4.79 Å². The van der Waals surface area contributed by atoms with Crippen molar-refractivity contribution in [1.29, 1.82) is 0 Å². The molecular weight excluding hydrogens is 298 g/mol. The minimum absolute atomic E-state index is 0. The Balaban J connectivity index is 0.00000176. The van der Waals surface area contributed by atoms with Crippen molar-refractivity contribution in [2.75, 3.05) is 26.2 Å². The standard InChI is InChI=1S/C17H31N3O.ClH/c1-13(18)15-8-10-19(11-15)12-17(21)20-9-4-6-14-5-2-3-7-16(14)20;/h13-16H,2-12,18H2,1H3;1H. The molecule has 3 rings (SSSR count). The number of fused-ring (bicyclic) bond motifs is 1. The summed E-state index contributed by atoms with van der Waals surface area (Å²) in [5, 5.41) is 0. The van der Waals surface area contributed by atoms with Crippen LogP contribution in [0.1, 0.15) is 51.9 Å². The molecule has 5 heteroatoms. The predicted octanol–water partition coefficient (Wildman–Crippen LogP) is 2.26. The highest BCUT2D eigenvalue weighted by molar-refractivity contribution is 5.85. The van der Waals surface area contributed by atoms with Gasteiger partial charge in [-0.05, 0) is 57.4 Å². The molecule has 1 amide bonds. The van der Waals surface area contributed by atoms with E-state index < -0.39 is 0 Å². The number of nitrogens with zero attached hydrogens (tertiary/aromatic N) is 2. The maximum absolute atomic E-state index is 12.7. The minimum atomic E-state index is 0. The average molecular weight is 330 g/mol. The van der Waals surface area contributed by atoms with Gasteiger partial charge in [0.25, 0.3) is 0 Å². The summed E-state index contributed by atoms with van der Waals surface area (Å²) in [5.74, 6) is 1.73. The maximum Gasteiger partial charge on any atom is 0.237 e. The van der Waals surface area contributed by atoms with Crippen LogP contribution in [0.5, 0.6) is 0 Å². The van der Waals surface area contributed by atoms with Crippen LogP contribution in [0.3, 0.4) is 0 Å². The molecule has 4 nitrogen and oxygen atoms in total. The SMILES string of the molecule is CC(N)C1CCN(CC(=O)N2CCCC3CCCCC32)C1.Cl. The number of halogens is 1. The van der Waals surface area contributed by atoms with Crippen LogP contribution in [0.4, 0.5) is 0 Å². The molecule has 3 aliphatic rings. The van der Waals surface area contributed by atoms with E-state index in [1.807, 2.05) is 0 Å². The highest BCUT2D eigenvalue weighted by atomic mass is 35.5. The fraction of sp³-hybridized carbons (Fsp3) is 0.941. The molecule has 128 valence electrons. The number of carbonyl (C=O) groups excluding carboxylic acids is 1. The fourth-order valence-corrected chi connectivity index (χ4v) is 4.65.